The third-order valence-electron chi connectivity index (χ3n) is 5.76. The van der Waals surface area contributed by atoms with Crippen LogP contribution in [0.2, 0.25) is 0 Å². The molecule has 132 valence electrons. The molecular formula is C21H27N3O. The minimum atomic E-state index is -0.0604. The Hall–Kier alpha value is -2.10. The first-order valence-corrected chi connectivity index (χ1v) is 9.52. The number of amides is 1. The van der Waals surface area contributed by atoms with Gasteiger partial charge in [-0.1, -0.05) is 30.3 Å². The maximum atomic E-state index is 12.9. The fourth-order valence-electron chi connectivity index (χ4n) is 4.09. The second kappa shape index (κ2) is 6.66. The number of rotatable bonds is 4. The number of benzene rings is 1. The van der Waals surface area contributed by atoms with E-state index in [1.165, 1.54) is 24.4 Å². The average molecular weight is 337 g/mol. The third kappa shape index (κ3) is 3.22. The Kier molecular flexibility index (Phi) is 4.36. The lowest BCUT2D eigenvalue weighted by Gasteiger charge is -2.35. The van der Waals surface area contributed by atoms with Crippen LogP contribution in [0, 0.1) is 6.92 Å². The van der Waals surface area contributed by atoms with Crippen LogP contribution in [0.4, 0.5) is 0 Å². The standard InChI is InChI=1S/C21H27N3O/c1-15-14-22-20(18-8-9-18)24(15)19-10-12-23(13-11-19)21(25)16(2)17-6-4-3-5-7-17/h3-7,14,16,18-19H,8-13H2,1-2H3. The zero-order valence-electron chi connectivity index (χ0n) is 15.2. The van der Waals surface area contributed by atoms with Crippen LogP contribution in [0.25, 0.3) is 0 Å². The van der Waals surface area contributed by atoms with E-state index in [9.17, 15) is 4.79 Å². The molecule has 1 saturated carbocycles. The summed E-state index contributed by atoms with van der Waals surface area (Å²) < 4.78 is 2.46. The predicted octanol–water partition coefficient (Wildman–Crippen LogP) is 4.04. The maximum Gasteiger partial charge on any atom is 0.229 e. The van der Waals surface area contributed by atoms with Gasteiger partial charge in [0.25, 0.3) is 0 Å². The van der Waals surface area contributed by atoms with Crippen molar-refractivity contribution >= 4 is 5.91 Å². The van der Waals surface area contributed by atoms with Gasteiger partial charge in [-0.2, -0.15) is 0 Å². The largest absolute Gasteiger partial charge is 0.342 e. The summed E-state index contributed by atoms with van der Waals surface area (Å²) in [5, 5.41) is 0. The van der Waals surface area contributed by atoms with E-state index in [4.69, 9.17) is 0 Å². The summed E-state index contributed by atoms with van der Waals surface area (Å²) in [5.41, 5.74) is 2.38. The summed E-state index contributed by atoms with van der Waals surface area (Å²) in [6, 6.07) is 10.6. The van der Waals surface area contributed by atoms with E-state index in [-0.39, 0.29) is 11.8 Å². The van der Waals surface area contributed by atoms with Crippen LogP contribution >= 0.6 is 0 Å². The lowest BCUT2D eigenvalue weighted by molar-refractivity contribution is -0.133. The zero-order valence-corrected chi connectivity index (χ0v) is 15.2. The number of aromatic nitrogens is 2. The molecule has 4 nitrogen and oxygen atoms in total. The van der Waals surface area contributed by atoms with Crippen LogP contribution in [0.15, 0.2) is 36.5 Å². The molecule has 0 spiro atoms. The van der Waals surface area contributed by atoms with Gasteiger partial charge >= 0.3 is 0 Å². The molecule has 0 radical (unpaired) electrons. The van der Waals surface area contributed by atoms with Crippen molar-refractivity contribution in [1.29, 1.82) is 0 Å². The van der Waals surface area contributed by atoms with E-state index in [0.717, 1.165) is 31.5 Å². The second-order valence-corrected chi connectivity index (χ2v) is 7.59. The highest BCUT2D eigenvalue weighted by atomic mass is 16.2. The number of carbonyl (C=O) groups is 1. The van der Waals surface area contributed by atoms with Gasteiger partial charge in [0.1, 0.15) is 5.82 Å². The molecule has 1 unspecified atom stereocenters. The number of likely N-dealkylation sites (tertiary alicyclic amines) is 1. The summed E-state index contributed by atoms with van der Waals surface area (Å²) in [5.74, 6) is 2.15. The number of aryl methyl sites for hydroxylation is 1. The summed E-state index contributed by atoms with van der Waals surface area (Å²) in [6.45, 7) is 5.88. The van der Waals surface area contributed by atoms with Crippen LogP contribution in [-0.4, -0.2) is 33.4 Å². The molecule has 1 amide bonds. The maximum absolute atomic E-state index is 12.9. The van der Waals surface area contributed by atoms with Gasteiger partial charge in [0.05, 0.1) is 5.92 Å². The molecular weight excluding hydrogens is 310 g/mol. The van der Waals surface area contributed by atoms with Crippen LogP contribution in [-0.2, 0) is 4.79 Å². The van der Waals surface area contributed by atoms with E-state index < -0.39 is 0 Å². The Labute approximate surface area is 149 Å². The molecule has 1 aliphatic carbocycles. The van der Waals surface area contributed by atoms with Crippen LogP contribution in [0.3, 0.4) is 0 Å². The lowest BCUT2D eigenvalue weighted by atomic mass is 9.97. The van der Waals surface area contributed by atoms with E-state index in [0.29, 0.717) is 12.0 Å². The van der Waals surface area contributed by atoms with Gasteiger partial charge in [-0.15, -0.1) is 0 Å². The van der Waals surface area contributed by atoms with Gasteiger partial charge in [-0.3, -0.25) is 4.79 Å². The Bertz CT molecular complexity index is 740. The molecule has 0 N–H and O–H groups in total. The molecule has 25 heavy (non-hydrogen) atoms. The van der Waals surface area contributed by atoms with Gasteiger partial charge in [0.15, 0.2) is 0 Å². The fraction of sp³-hybridized carbons (Fsp3) is 0.524. The second-order valence-electron chi connectivity index (χ2n) is 7.59. The molecule has 1 aromatic heterocycles. The van der Waals surface area contributed by atoms with Crippen molar-refractivity contribution in [2.24, 2.45) is 0 Å². The number of piperidine rings is 1. The van der Waals surface area contributed by atoms with Crippen molar-refractivity contribution in [3.05, 3.63) is 53.6 Å². The number of hydrogen-bond acceptors (Lipinski definition) is 2. The first-order valence-electron chi connectivity index (χ1n) is 9.52. The third-order valence-corrected chi connectivity index (χ3v) is 5.76. The Morgan fingerprint density at radius 2 is 1.80 bits per heavy atom. The van der Waals surface area contributed by atoms with E-state index in [1.807, 2.05) is 43.5 Å². The Balaban J connectivity index is 1.42. The van der Waals surface area contributed by atoms with Gasteiger partial charge < -0.3 is 9.47 Å². The topological polar surface area (TPSA) is 38.1 Å². The molecule has 2 aromatic rings. The molecule has 4 heteroatoms. The van der Waals surface area contributed by atoms with Crippen LogP contribution < -0.4 is 0 Å². The normalized spacial score (nSPS) is 19.8. The molecule has 1 atom stereocenters. The van der Waals surface area contributed by atoms with Gasteiger partial charge in [-0.25, -0.2) is 4.98 Å². The fourth-order valence-corrected chi connectivity index (χ4v) is 4.09. The highest BCUT2D eigenvalue weighted by Crippen LogP contribution is 2.41. The van der Waals surface area contributed by atoms with E-state index >= 15 is 0 Å². The van der Waals surface area contributed by atoms with E-state index in [2.05, 4.69) is 21.4 Å². The summed E-state index contributed by atoms with van der Waals surface area (Å²) in [6.07, 6.45) is 6.64. The highest BCUT2D eigenvalue weighted by molar-refractivity contribution is 5.83. The quantitative estimate of drug-likeness (QED) is 0.844. The molecule has 2 fully saturated rings. The Morgan fingerprint density at radius 3 is 2.44 bits per heavy atom. The Morgan fingerprint density at radius 1 is 1.12 bits per heavy atom. The van der Waals surface area contributed by atoms with Crippen molar-refractivity contribution < 1.29 is 4.79 Å². The van der Waals surface area contributed by atoms with Gasteiger partial charge in [-0.05, 0) is 45.1 Å². The van der Waals surface area contributed by atoms with Crippen LogP contribution in [0.5, 0.6) is 0 Å². The number of carbonyl (C=O) groups excluding carboxylic acids is 1. The van der Waals surface area contributed by atoms with Crippen LogP contribution in [0.1, 0.15) is 67.6 Å². The monoisotopic (exact) mass is 337 g/mol. The minimum Gasteiger partial charge on any atom is -0.342 e. The van der Waals surface area contributed by atoms with Crippen molar-refractivity contribution in [1.82, 2.24) is 14.5 Å². The summed E-state index contributed by atoms with van der Waals surface area (Å²) in [4.78, 5) is 19.6. The van der Waals surface area contributed by atoms with Crippen molar-refractivity contribution in [3.63, 3.8) is 0 Å². The molecule has 1 saturated heterocycles. The number of nitrogens with zero attached hydrogens (tertiary/aromatic N) is 3. The van der Waals surface area contributed by atoms with E-state index in [1.54, 1.807) is 0 Å². The summed E-state index contributed by atoms with van der Waals surface area (Å²) >= 11 is 0. The van der Waals surface area contributed by atoms with Crippen molar-refractivity contribution in [2.75, 3.05) is 13.1 Å². The molecule has 0 bridgehead atoms. The molecule has 2 aliphatic rings. The number of hydrogen-bond donors (Lipinski definition) is 0. The van der Waals surface area contributed by atoms with Crippen molar-refractivity contribution in [3.8, 4) is 0 Å². The van der Waals surface area contributed by atoms with Crippen molar-refractivity contribution in [2.45, 2.75) is 57.4 Å². The molecule has 4 rings (SSSR count). The molecule has 1 aromatic carbocycles. The predicted molar refractivity (Wildman–Crippen MR) is 98.6 cm³/mol. The molecule has 2 heterocycles. The number of imidazole rings is 1. The van der Waals surface area contributed by atoms with Gasteiger partial charge in [0, 0.05) is 36.9 Å². The molecule has 1 aliphatic heterocycles. The first-order chi connectivity index (χ1) is 12.1. The lowest BCUT2D eigenvalue weighted by Crippen LogP contribution is -2.41. The average Bonchev–Trinajstić information content (AvgIpc) is 3.43. The zero-order chi connectivity index (χ0) is 17.4. The minimum absolute atomic E-state index is 0.0604. The SMILES string of the molecule is Cc1cnc(C2CC2)n1C1CCN(C(=O)C(C)c2ccccc2)CC1. The summed E-state index contributed by atoms with van der Waals surface area (Å²) in [7, 11) is 0. The first kappa shape index (κ1) is 16.4. The highest BCUT2D eigenvalue weighted by Gasteiger charge is 2.33. The smallest absolute Gasteiger partial charge is 0.229 e. The van der Waals surface area contributed by atoms with Gasteiger partial charge in [0.2, 0.25) is 5.91 Å².